The van der Waals surface area contributed by atoms with Gasteiger partial charge in [0.05, 0.1) is 6.54 Å². The highest BCUT2D eigenvalue weighted by atomic mass is 35.5. The molecule has 2 amide bonds. The molecule has 11 heteroatoms. The van der Waals surface area contributed by atoms with E-state index in [2.05, 4.69) is 20.7 Å². The summed E-state index contributed by atoms with van der Waals surface area (Å²) in [7, 11) is 0. The van der Waals surface area contributed by atoms with Crippen LogP contribution < -0.4 is 5.32 Å². The van der Waals surface area contributed by atoms with Crippen LogP contribution in [0.3, 0.4) is 0 Å². The maximum absolute atomic E-state index is 13.9. The molecule has 1 aliphatic carbocycles. The summed E-state index contributed by atoms with van der Waals surface area (Å²) in [6, 6.07) is 16.5. The Balaban J connectivity index is 1.44. The van der Waals surface area contributed by atoms with Gasteiger partial charge < -0.3 is 15.3 Å². The maximum atomic E-state index is 13.9. The van der Waals surface area contributed by atoms with E-state index in [0.717, 1.165) is 36.1 Å². The molecule has 0 bridgehead atoms. The lowest BCUT2D eigenvalue weighted by atomic mass is 9.94. The molecular formula is C28H29ClN6O3S. The molecule has 1 fully saturated rings. The van der Waals surface area contributed by atoms with Crippen LogP contribution >= 0.6 is 22.9 Å². The van der Waals surface area contributed by atoms with Crippen LogP contribution in [0.2, 0.25) is 5.02 Å². The van der Waals surface area contributed by atoms with Crippen molar-refractivity contribution in [3.8, 4) is 17.1 Å². The number of tetrazole rings is 1. The van der Waals surface area contributed by atoms with Gasteiger partial charge in [0.25, 0.3) is 0 Å². The highest BCUT2D eigenvalue weighted by Gasteiger charge is 2.33. The van der Waals surface area contributed by atoms with Gasteiger partial charge in [0.15, 0.2) is 0 Å². The molecular weight excluding hydrogens is 536 g/mol. The molecule has 2 N–H and O–H groups in total. The zero-order valence-electron chi connectivity index (χ0n) is 21.2. The topological polar surface area (TPSA) is 113 Å². The molecule has 4 aromatic rings. The van der Waals surface area contributed by atoms with E-state index < -0.39 is 6.04 Å². The van der Waals surface area contributed by atoms with Gasteiger partial charge in [-0.15, -0.1) is 21.5 Å². The summed E-state index contributed by atoms with van der Waals surface area (Å²) in [5, 5.41) is 28.2. The molecule has 1 aliphatic rings. The van der Waals surface area contributed by atoms with Crippen LogP contribution in [0.25, 0.3) is 11.4 Å². The smallest absolute Gasteiger partial charge is 0.247 e. The predicted molar refractivity (Wildman–Crippen MR) is 149 cm³/mol. The van der Waals surface area contributed by atoms with E-state index in [4.69, 9.17) is 11.6 Å². The van der Waals surface area contributed by atoms with Crippen molar-refractivity contribution in [3.05, 3.63) is 81.5 Å². The minimum absolute atomic E-state index is 0.0727. The lowest BCUT2D eigenvalue weighted by molar-refractivity contribution is -0.142. The Bertz CT molecular complexity index is 1390. The Morgan fingerprint density at radius 3 is 2.51 bits per heavy atom. The molecule has 39 heavy (non-hydrogen) atoms. The zero-order valence-corrected chi connectivity index (χ0v) is 22.8. The molecule has 0 unspecified atom stereocenters. The van der Waals surface area contributed by atoms with E-state index in [9.17, 15) is 14.7 Å². The number of aromatic hydroxyl groups is 1. The number of phenols is 1. The van der Waals surface area contributed by atoms with Crippen molar-refractivity contribution in [3.63, 3.8) is 0 Å². The normalized spacial score (nSPS) is 14.6. The lowest BCUT2D eigenvalue weighted by Gasteiger charge is -2.33. The number of aromatic nitrogens is 4. The summed E-state index contributed by atoms with van der Waals surface area (Å²) in [5.41, 5.74) is 1.33. The first-order chi connectivity index (χ1) is 19.0. The molecule has 0 aliphatic heterocycles. The largest absolute Gasteiger partial charge is 0.508 e. The summed E-state index contributed by atoms with van der Waals surface area (Å²) in [4.78, 5) is 31.4. The van der Waals surface area contributed by atoms with E-state index >= 15 is 0 Å². The van der Waals surface area contributed by atoms with Crippen molar-refractivity contribution in [2.45, 2.75) is 57.3 Å². The lowest BCUT2D eigenvalue weighted by Crippen LogP contribution is -2.47. The Morgan fingerprint density at radius 2 is 1.82 bits per heavy atom. The average molecular weight is 565 g/mol. The van der Waals surface area contributed by atoms with Crippen LogP contribution in [0.5, 0.6) is 5.75 Å². The fourth-order valence-corrected chi connectivity index (χ4v) is 5.62. The molecule has 0 radical (unpaired) electrons. The van der Waals surface area contributed by atoms with Crippen molar-refractivity contribution in [2.75, 3.05) is 0 Å². The third-order valence-electron chi connectivity index (χ3n) is 6.78. The number of nitrogens with one attached hydrogen (secondary N) is 1. The fourth-order valence-electron chi connectivity index (χ4n) is 4.79. The van der Waals surface area contributed by atoms with Crippen molar-refractivity contribution in [1.82, 2.24) is 30.4 Å². The van der Waals surface area contributed by atoms with Gasteiger partial charge in [-0.25, -0.2) is 0 Å². The van der Waals surface area contributed by atoms with Gasteiger partial charge in [0.1, 0.15) is 18.3 Å². The third-order valence-corrected chi connectivity index (χ3v) is 7.89. The number of thiophene rings is 1. The number of halogens is 1. The first-order valence-corrected chi connectivity index (χ1v) is 14.2. The van der Waals surface area contributed by atoms with E-state index in [1.807, 2.05) is 17.5 Å². The van der Waals surface area contributed by atoms with Crippen LogP contribution in [-0.2, 0) is 22.7 Å². The number of benzene rings is 2. The minimum Gasteiger partial charge on any atom is -0.508 e. The molecule has 2 heterocycles. The summed E-state index contributed by atoms with van der Waals surface area (Å²) < 4.78 is 0. The van der Waals surface area contributed by atoms with Gasteiger partial charge in [-0.2, -0.15) is 4.80 Å². The average Bonchev–Trinajstić information content (AvgIpc) is 3.63. The summed E-state index contributed by atoms with van der Waals surface area (Å²) in [6.07, 6.45) is 5.15. The number of hydrogen-bond acceptors (Lipinski definition) is 7. The van der Waals surface area contributed by atoms with Crippen LogP contribution in [0.4, 0.5) is 0 Å². The van der Waals surface area contributed by atoms with Crippen LogP contribution in [-0.4, -0.2) is 48.1 Å². The molecule has 2 aromatic heterocycles. The standard InChI is InChI=1S/C28H29ClN6O3S/c29-21-12-8-20(9-13-21)27-31-33-35(32-27)18-25(37)34(17-24-7-4-16-39-24)26(19-10-14-23(36)15-11-19)28(38)30-22-5-2-1-3-6-22/h4,7-16,22,26,36H,1-3,5-6,17-18H2,(H,30,38)/t26-/m0/s1. The van der Waals surface area contributed by atoms with E-state index in [1.54, 1.807) is 41.3 Å². The second kappa shape index (κ2) is 12.4. The minimum atomic E-state index is -0.901. The van der Waals surface area contributed by atoms with E-state index in [1.165, 1.54) is 34.7 Å². The van der Waals surface area contributed by atoms with E-state index in [0.29, 0.717) is 16.4 Å². The highest BCUT2D eigenvalue weighted by Crippen LogP contribution is 2.28. The van der Waals surface area contributed by atoms with Crippen LogP contribution in [0.1, 0.15) is 48.6 Å². The first-order valence-electron chi connectivity index (χ1n) is 12.9. The number of carbonyl (C=O) groups excluding carboxylic acids is 2. The Morgan fingerprint density at radius 1 is 1.08 bits per heavy atom. The molecule has 5 rings (SSSR count). The molecule has 0 saturated heterocycles. The number of phenolic OH excluding ortho intramolecular Hbond substituents is 1. The summed E-state index contributed by atoms with van der Waals surface area (Å²) in [5.74, 6) is -0.122. The van der Waals surface area contributed by atoms with Gasteiger partial charge in [-0.3, -0.25) is 9.59 Å². The predicted octanol–water partition coefficient (Wildman–Crippen LogP) is 4.98. The van der Waals surface area contributed by atoms with Gasteiger partial charge in [0.2, 0.25) is 17.6 Å². The Hall–Kier alpha value is -3.76. The fraction of sp³-hybridized carbons (Fsp3) is 0.321. The Kier molecular flexibility index (Phi) is 8.53. The first kappa shape index (κ1) is 26.8. The van der Waals surface area contributed by atoms with Gasteiger partial charge in [-0.1, -0.05) is 49.1 Å². The summed E-state index contributed by atoms with van der Waals surface area (Å²) >= 11 is 7.50. The van der Waals surface area contributed by atoms with Gasteiger partial charge >= 0.3 is 0 Å². The number of hydrogen-bond donors (Lipinski definition) is 2. The molecule has 1 saturated carbocycles. The number of carbonyl (C=O) groups is 2. The maximum Gasteiger partial charge on any atom is 0.247 e. The highest BCUT2D eigenvalue weighted by molar-refractivity contribution is 7.09. The van der Waals surface area contributed by atoms with Crippen LogP contribution in [0.15, 0.2) is 66.0 Å². The van der Waals surface area contributed by atoms with E-state index in [-0.39, 0.29) is 36.7 Å². The summed E-state index contributed by atoms with van der Waals surface area (Å²) in [6.45, 7) is 0.0378. The van der Waals surface area contributed by atoms with Crippen molar-refractivity contribution >= 4 is 34.8 Å². The molecule has 2 aromatic carbocycles. The van der Waals surface area contributed by atoms with Gasteiger partial charge in [0, 0.05) is 21.5 Å². The van der Waals surface area contributed by atoms with Gasteiger partial charge in [-0.05, 0) is 71.5 Å². The van der Waals surface area contributed by atoms with Crippen molar-refractivity contribution < 1.29 is 14.7 Å². The molecule has 202 valence electrons. The Labute approximate surface area is 235 Å². The van der Waals surface area contributed by atoms with Crippen molar-refractivity contribution in [1.29, 1.82) is 0 Å². The van der Waals surface area contributed by atoms with Crippen molar-refractivity contribution in [2.24, 2.45) is 0 Å². The molecule has 9 nitrogen and oxygen atoms in total. The molecule has 0 spiro atoms. The monoisotopic (exact) mass is 564 g/mol. The second-order valence-electron chi connectivity index (χ2n) is 9.59. The number of nitrogens with zero attached hydrogens (tertiary/aromatic N) is 5. The SMILES string of the molecule is O=C(NC1CCCCC1)[C@H](c1ccc(O)cc1)N(Cc1cccs1)C(=O)Cn1nnc(-c2ccc(Cl)cc2)n1. The second-order valence-corrected chi connectivity index (χ2v) is 11.1. The number of amides is 2. The van der Waals surface area contributed by atoms with Crippen LogP contribution in [0, 0.1) is 0 Å². The quantitative estimate of drug-likeness (QED) is 0.296. The third kappa shape index (κ3) is 6.82. The molecule has 1 atom stereocenters. The zero-order chi connectivity index (χ0) is 27.2. The number of rotatable bonds is 9.